The topological polar surface area (TPSA) is 94.2 Å². The van der Waals surface area contributed by atoms with Gasteiger partial charge in [-0.15, -0.1) is 0 Å². The Hall–Kier alpha value is -2.94. The summed E-state index contributed by atoms with van der Waals surface area (Å²) in [6, 6.07) is 11.8. The lowest BCUT2D eigenvalue weighted by Crippen LogP contribution is -2.40. The molecule has 0 bridgehead atoms. The van der Waals surface area contributed by atoms with Crippen LogP contribution in [0.3, 0.4) is 0 Å². The van der Waals surface area contributed by atoms with Gasteiger partial charge in [0.05, 0.1) is 32.2 Å². The van der Waals surface area contributed by atoms with Crippen molar-refractivity contribution in [3.63, 3.8) is 0 Å². The molecule has 162 valence electrons. The van der Waals surface area contributed by atoms with Crippen LogP contribution in [0.2, 0.25) is 0 Å². The first-order valence-corrected chi connectivity index (χ1v) is 11.3. The van der Waals surface area contributed by atoms with Crippen molar-refractivity contribution < 1.29 is 27.4 Å². The first kappa shape index (κ1) is 21.8. The van der Waals surface area contributed by atoms with Crippen molar-refractivity contribution in [2.75, 3.05) is 31.3 Å². The minimum atomic E-state index is -3.50. The fourth-order valence-electron chi connectivity index (χ4n) is 3.42. The molecule has 0 saturated heterocycles. The number of nitrogens with one attached hydrogen (secondary N) is 1. The molecule has 0 fully saturated rings. The highest BCUT2D eigenvalue weighted by molar-refractivity contribution is 7.92. The number of hydrogen-bond donors (Lipinski definition) is 1. The van der Waals surface area contributed by atoms with E-state index in [2.05, 4.69) is 5.32 Å². The maximum absolute atomic E-state index is 13.0. The number of ether oxygens (including phenoxy) is 3. The fourth-order valence-corrected chi connectivity index (χ4v) is 4.37. The molecule has 0 radical (unpaired) electrons. The lowest BCUT2D eigenvalue weighted by atomic mass is 10.1. The van der Waals surface area contributed by atoms with E-state index in [-0.39, 0.29) is 24.9 Å². The van der Waals surface area contributed by atoms with Crippen molar-refractivity contribution in [3.05, 3.63) is 48.0 Å². The molecule has 1 heterocycles. The van der Waals surface area contributed by atoms with Crippen LogP contribution in [0.15, 0.2) is 42.5 Å². The second kappa shape index (κ2) is 8.83. The largest absolute Gasteiger partial charge is 0.497 e. The predicted molar refractivity (Wildman–Crippen MR) is 114 cm³/mol. The standard InChI is InChI=1S/C21H26N2O6S/c1-14(16-13-15(27-2)9-10-18(16)28-3)22-21(24)20-11-12-23(30(4,25)26)17-7-5-6-8-19(17)29-20/h5-10,13-14,20H,11-12H2,1-4H3,(H,22,24)/t14-,20+/m0/s1. The van der Waals surface area contributed by atoms with Crippen LogP contribution in [0.25, 0.3) is 0 Å². The highest BCUT2D eigenvalue weighted by Crippen LogP contribution is 2.34. The molecular formula is C21H26N2O6S. The van der Waals surface area contributed by atoms with Crippen LogP contribution in [0, 0.1) is 0 Å². The fraction of sp³-hybridized carbons (Fsp3) is 0.381. The Morgan fingerprint density at radius 1 is 1.20 bits per heavy atom. The number of methoxy groups -OCH3 is 2. The average molecular weight is 435 g/mol. The highest BCUT2D eigenvalue weighted by atomic mass is 32.2. The minimum absolute atomic E-state index is 0.144. The molecule has 9 heteroatoms. The summed E-state index contributed by atoms with van der Waals surface area (Å²) in [5.74, 6) is 1.29. The SMILES string of the molecule is COc1ccc(OC)c([C@H](C)NC(=O)[C@H]2CCN(S(C)(=O)=O)c3ccccc3O2)c1. The number of amides is 1. The molecule has 0 aliphatic carbocycles. The highest BCUT2D eigenvalue weighted by Gasteiger charge is 2.31. The molecule has 8 nitrogen and oxygen atoms in total. The second-order valence-electron chi connectivity index (χ2n) is 7.04. The maximum Gasteiger partial charge on any atom is 0.261 e. The van der Waals surface area contributed by atoms with Crippen LogP contribution < -0.4 is 23.8 Å². The summed E-state index contributed by atoms with van der Waals surface area (Å²) < 4.78 is 42.3. The number of para-hydroxylation sites is 2. The van der Waals surface area contributed by atoms with Gasteiger partial charge in [-0.25, -0.2) is 8.42 Å². The maximum atomic E-state index is 13.0. The van der Waals surface area contributed by atoms with E-state index in [1.54, 1.807) is 56.7 Å². The first-order valence-electron chi connectivity index (χ1n) is 9.50. The summed E-state index contributed by atoms with van der Waals surface area (Å²) in [4.78, 5) is 13.0. The summed E-state index contributed by atoms with van der Waals surface area (Å²) in [6.07, 6.45) is 0.522. The van der Waals surface area contributed by atoms with Crippen molar-refractivity contribution in [1.82, 2.24) is 5.32 Å². The van der Waals surface area contributed by atoms with E-state index in [9.17, 15) is 13.2 Å². The number of nitrogens with zero attached hydrogens (tertiary/aromatic N) is 1. The summed E-state index contributed by atoms with van der Waals surface area (Å²) >= 11 is 0. The number of carbonyl (C=O) groups is 1. The van der Waals surface area contributed by atoms with Crippen molar-refractivity contribution in [3.8, 4) is 17.2 Å². The van der Waals surface area contributed by atoms with Gasteiger partial charge in [0, 0.05) is 18.5 Å². The second-order valence-corrected chi connectivity index (χ2v) is 8.94. The van der Waals surface area contributed by atoms with Gasteiger partial charge in [-0.3, -0.25) is 9.10 Å². The Morgan fingerprint density at radius 3 is 2.60 bits per heavy atom. The monoisotopic (exact) mass is 434 g/mol. The van der Waals surface area contributed by atoms with Crippen LogP contribution in [-0.2, 0) is 14.8 Å². The first-order chi connectivity index (χ1) is 14.2. The lowest BCUT2D eigenvalue weighted by molar-refractivity contribution is -0.128. The van der Waals surface area contributed by atoms with Gasteiger partial charge < -0.3 is 19.5 Å². The van der Waals surface area contributed by atoms with E-state index in [1.807, 2.05) is 6.92 Å². The third-order valence-corrected chi connectivity index (χ3v) is 6.13. The number of carbonyl (C=O) groups excluding carboxylic acids is 1. The summed E-state index contributed by atoms with van der Waals surface area (Å²) in [7, 11) is -0.374. The minimum Gasteiger partial charge on any atom is -0.497 e. The molecule has 2 aromatic rings. The Bertz CT molecular complexity index is 1020. The molecule has 1 aliphatic heterocycles. The smallest absolute Gasteiger partial charge is 0.261 e. The number of rotatable bonds is 6. The van der Waals surface area contributed by atoms with Crippen molar-refractivity contribution in [2.24, 2.45) is 0 Å². The number of hydrogen-bond acceptors (Lipinski definition) is 6. The summed E-state index contributed by atoms with van der Waals surface area (Å²) in [5, 5.41) is 2.94. The van der Waals surface area contributed by atoms with Crippen LogP contribution >= 0.6 is 0 Å². The van der Waals surface area contributed by atoms with Crippen molar-refractivity contribution in [2.45, 2.75) is 25.5 Å². The van der Waals surface area contributed by atoms with E-state index in [0.29, 0.717) is 22.9 Å². The summed E-state index contributed by atoms with van der Waals surface area (Å²) in [6.45, 7) is 1.98. The van der Waals surface area contributed by atoms with Crippen LogP contribution in [0.5, 0.6) is 17.2 Å². The third kappa shape index (κ3) is 4.62. The number of anilines is 1. The van der Waals surface area contributed by atoms with E-state index < -0.39 is 16.1 Å². The molecule has 0 spiro atoms. The zero-order valence-corrected chi connectivity index (χ0v) is 18.2. The van der Waals surface area contributed by atoms with Crippen molar-refractivity contribution in [1.29, 1.82) is 0 Å². The molecule has 1 amide bonds. The molecule has 0 aromatic heterocycles. The van der Waals surface area contributed by atoms with E-state index in [4.69, 9.17) is 14.2 Å². The molecule has 0 unspecified atom stereocenters. The Morgan fingerprint density at radius 2 is 1.93 bits per heavy atom. The molecular weight excluding hydrogens is 408 g/mol. The zero-order valence-electron chi connectivity index (χ0n) is 17.4. The Labute approximate surface area is 176 Å². The van der Waals surface area contributed by atoms with Crippen LogP contribution in [-0.4, -0.2) is 47.4 Å². The van der Waals surface area contributed by atoms with E-state index in [0.717, 1.165) is 11.8 Å². The number of sulfonamides is 1. The molecule has 3 rings (SSSR count). The third-order valence-electron chi connectivity index (χ3n) is 4.95. The number of fused-ring (bicyclic) bond motifs is 1. The van der Waals surface area contributed by atoms with Gasteiger partial charge in [0.2, 0.25) is 10.0 Å². The number of benzene rings is 2. The lowest BCUT2D eigenvalue weighted by Gasteiger charge is -2.22. The van der Waals surface area contributed by atoms with Gasteiger partial charge >= 0.3 is 0 Å². The molecule has 30 heavy (non-hydrogen) atoms. The molecule has 0 saturated carbocycles. The average Bonchev–Trinajstić information content (AvgIpc) is 2.93. The van der Waals surface area contributed by atoms with Gasteiger partial charge in [-0.2, -0.15) is 0 Å². The molecule has 1 N–H and O–H groups in total. The van der Waals surface area contributed by atoms with Gasteiger partial charge in [-0.1, -0.05) is 12.1 Å². The zero-order chi connectivity index (χ0) is 21.9. The van der Waals surface area contributed by atoms with E-state index in [1.165, 1.54) is 4.31 Å². The molecule has 1 aliphatic rings. The Balaban J connectivity index is 1.81. The Kier molecular flexibility index (Phi) is 6.40. The van der Waals surface area contributed by atoms with Crippen LogP contribution in [0.4, 0.5) is 5.69 Å². The quantitative estimate of drug-likeness (QED) is 0.751. The van der Waals surface area contributed by atoms with Gasteiger partial charge in [-0.05, 0) is 37.3 Å². The van der Waals surface area contributed by atoms with Crippen LogP contribution in [0.1, 0.15) is 24.9 Å². The van der Waals surface area contributed by atoms with Crippen molar-refractivity contribution >= 4 is 21.6 Å². The predicted octanol–water partition coefficient (Wildman–Crippen LogP) is 2.50. The molecule has 2 aromatic carbocycles. The van der Waals surface area contributed by atoms with E-state index >= 15 is 0 Å². The molecule has 2 atom stereocenters. The van der Waals surface area contributed by atoms with Gasteiger partial charge in [0.25, 0.3) is 5.91 Å². The normalized spacial score (nSPS) is 17.2. The summed E-state index contributed by atoms with van der Waals surface area (Å²) in [5.41, 5.74) is 1.19. The van der Waals surface area contributed by atoms with Gasteiger partial charge in [0.15, 0.2) is 6.10 Å². The van der Waals surface area contributed by atoms with Gasteiger partial charge in [0.1, 0.15) is 17.2 Å².